The van der Waals surface area contributed by atoms with Crippen LogP contribution >= 0.6 is 0 Å². The summed E-state index contributed by atoms with van der Waals surface area (Å²) < 4.78 is 52.3. The summed E-state index contributed by atoms with van der Waals surface area (Å²) in [6.07, 6.45) is 1.37. The van der Waals surface area contributed by atoms with Crippen molar-refractivity contribution in [1.82, 2.24) is 9.80 Å². The smallest absolute Gasteiger partial charge is 0.410 e. The zero-order chi connectivity index (χ0) is 33.8. The molecule has 0 aromatic carbocycles. The van der Waals surface area contributed by atoms with Crippen molar-refractivity contribution < 1.29 is 37.7 Å². The number of carbonyl (C=O) groups excluding carboxylic acids is 2. The lowest BCUT2D eigenvalue weighted by Crippen LogP contribution is -2.70. The van der Waals surface area contributed by atoms with Crippen LogP contribution in [0.2, 0.25) is 0 Å². The third kappa shape index (κ3) is 5.12. The number of aliphatic hydroxyl groups excluding tert-OH is 1. The van der Waals surface area contributed by atoms with E-state index in [1.165, 1.54) is 0 Å². The second-order valence-electron chi connectivity index (χ2n) is 14.7. The number of halogens is 2. The average Bonchev–Trinajstić information content (AvgIpc) is 3.48. The Kier molecular flexibility index (Phi) is 9.72. The normalized spacial score (nSPS) is 41.1. The number of hydrogen-bond donors (Lipinski definition) is 1. The molecule has 0 spiro atoms. The number of ketones is 1. The molecule has 0 radical (unpaired) electrons. The number of amides is 1. The van der Waals surface area contributed by atoms with Gasteiger partial charge in [-0.05, 0) is 77.0 Å². The van der Waals surface area contributed by atoms with E-state index in [-0.39, 0.29) is 19.3 Å². The number of allylic oxidation sites excluding steroid dienone is 5. The van der Waals surface area contributed by atoms with Gasteiger partial charge in [0, 0.05) is 42.4 Å². The first-order chi connectivity index (χ1) is 21.6. The van der Waals surface area contributed by atoms with Gasteiger partial charge in [-0.15, -0.1) is 0 Å². The Labute approximate surface area is 273 Å². The number of alkyl halides is 2. The van der Waals surface area contributed by atoms with Gasteiger partial charge < -0.3 is 24.2 Å². The van der Waals surface area contributed by atoms with Crippen molar-refractivity contribution in [2.45, 2.75) is 123 Å². The molecule has 258 valence electrons. The molecule has 3 saturated carbocycles. The molecule has 10 heteroatoms. The van der Waals surface area contributed by atoms with E-state index < -0.39 is 77.1 Å². The summed E-state index contributed by atoms with van der Waals surface area (Å²) in [4.78, 5) is 31.4. The molecule has 1 saturated heterocycles. The molecule has 0 aromatic heterocycles. The van der Waals surface area contributed by atoms with Crippen molar-refractivity contribution in [2.75, 3.05) is 32.8 Å². The molecular weight excluding hydrogens is 594 g/mol. The fraction of sp³-hybridized carbons (Fsp3) is 0.778. The van der Waals surface area contributed by atoms with Crippen LogP contribution in [0.5, 0.6) is 0 Å². The number of aliphatic hydroxyl groups is 1. The maximum atomic E-state index is 17.7. The van der Waals surface area contributed by atoms with Gasteiger partial charge >= 0.3 is 6.09 Å². The highest BCUT2D eigenvalue weighted by atomic mass is 19.1. The van der Waals surface area contributed by atoms with Gasteiger partial charge in [-0.2, -0.15) is 0 Å². The van der Waals surface area contributed by atoms with Crippen LogP contribution in [0.3, 0.4) is 0 Å². The zero-order valence-corrected chi connectivity index (χ0v) is 28.7. The summed E-state index contributed by atoms with van der Waals surface area (Å²) in [7, 11) is 0. The van der Waals surface area contributed by atoms with Crippen molar-refractivity contribution in [1.29, 1.82) is 0 Å². The van der Waals surface area contributed by atoms with Crippen molar-refractivity contribution >= 4 is 11.9 Å². The zero-order valence-electron chi connectivity index (χ0n) is 28.7. The number of nitrogens with zero attached hydrogens (tertiary/aromatic N) is 2. The van der Waals surface area contributed by atoms with E-state index >= 15 is 8.78 Å². The molecule has 5 aliphatic rings. The summed E-state index contributed by atoms with van der Waals surface area (Å²) >= 11 is 0. The molecular formula is C36H54F2N2O6. The summed E-state index contributed by atoms with van der Waals surface area (Å²) in [6.45, 7) is 19.4. The summed E-state index contributed by atoms with van der Waals surface area (Å²) in [5.74, 6) is -1.89. The average molecular weight is 649 g/mol. The van der Waals surface area contributed by atoms with Gasteiger partial charge in [0.05, 0.1) is 12.2 Å². The van der Waals surface area contributed by atoms with Gasteiger partial charge in [0.15, 0.2) is 24.2 Å². The van der Waals surface area contributed by atoms with Gasteiger partial charge in [-0.3, -0.25) is 9.69 Å². The van der Waals surface area contributed by atoms with Crippen LogP contribution in [0.25, 0.3) is 0 Å². The predicted molar refractivity (Wildman–Crippen MR) is 172 cm³/mol. The minimum absolute atomic E-state index is 0.0825. The number of ether oxygens (including phenoxy) is 3. The molecule has 0 aromatic rings. The highest BCUT2D eigenvalue weighted by molar-refractivity contribution is 5.92. The molecule has 10 atom stereocenters. The highest BCUT2D eigenvalue weighted by Crippen LogP contribution is 2.72. The van der Waals surface area contributed by atoms with E-state index in [0.717, 1.165) is 13.0 Å². The lowest BCUT2D eigenvalue weighted by Gasteiger charge is -2.63. The second-order valence-corrected chi connectivity index (χ2v) is 14.7. The van der Waals surface area contributed by atoms with E-state index in [2.05, 4.69) is 32.3 Å². The number of carbonyl (C=O) groups is 2. The fourth-order valence-electron chi connectivity index (χ4n) is 9.69. The van der Waals surface area contributed by atoms with Gasteiger partial charge in [-0.1, -0.05) is 52.0 Å². The summed E-state index contributed by atoms with van der Waals surface area (Å²) in [6, 6.07) is 0.327. The molecule has 8 nitrogen and oxygen atoms in total. The van der Waals surface area contributed by atoms with Crippen LogP contribution in [0, 0.1) is 22.7 Å². The van der Waals surface area contributed by atoms with Crippen LogP contribution in [-0.2, 0) is 19.0 Å². The Hall–Kier alpha value is -2.14. The topological polar surface area (TPSA) is 88.5 Å². The van der Waals surface area contributed by atoms with Gasteiger partial charge in [0.2, 0.25) is 5.78 Å². The van der Waals surface area contributed by atoms with E-state index in [1.807, 2.05) is 20.8 Å². The van der Waals surface area contributed by atoms with Crippen molar-refractivity contribution in [3.8, 4) is 0 Å². The van der Waals surface area contributed by atoms with Gasteiger partial charge in [-0.25, -0.2) is 13.6 Å². The highest BCUT2D eigenvalue weighted by Gasteiger charge is 2.80. The third-order valence-corrected chi connectivity index (χ3v) is 12.2. The van der Waals surface area contributed by atoms with Crippen LogP contribution in [0.1, 0.15) is 80.6 Å². The Morgan fingerprint density at radius 1 is 1.15 bits per heavy atom. The molecule has 46 heavy (non-hydrogen) atoms. The number of Topliss-reactive ketones (excluding diaryl/α,β-unsaturated/α-hetero) is 1. The maximum Gasteiger partial charge on any atom is 0.410 e. The van der Waals surface area contributed by atoms with Crippen molar-refractivity contribution in [3.63, 3.8) is 0 Å². The second kappa shape index (κ2) is 12.7. The number of hydrogen-bond acceptors (Lipinski definition) is 7. The van der Waals surface area contributed by atoms with E-state index in [1.54, 1.807) is 30.1 Å². The molecule has 5 rings (SSSR count). The SMILES string of the molecule is C=C1C=C[C@@]2(C)C(=C1)[C@@H](F)C[C@H]1[C@@H]3C[C@H]4OC(CCC)O[C@@]4(C(=O)COC(=O)N(CC)CCN(CC)C(C)C)[C@@]3(C)C[C@H](O)[C@@]12F. The molecule has 1 N–H and O–H groups in total. The maximum absolute atomic E-state index is 17.7. The minimum atomic E-state index is -2.18. The molecule has 1 unspecified atom stereocenters. The van der Waals surface area contributed by atoms with Crippen LogP contribution in [0.4, 0.5) is 13.6 Å². The number of rotatable bonds is 11. The predicted octanol–water partition coefficient (Wildman–Crippen LogP) is 5.94. The van der Waals surface area contributed by atoms with Crippen molar-refractivity contribution in [3.05, 3.63) is 36.0 Å². The van der Waals surface area contributed by atoms with Crippen LogP contribution in [0.15, 0.2) is 36.0 Å². The van der Waals surface area contributed by atoms with Crippen molar-refractivity contribution in [2.24, 2.45) is 22.7 Å². The monoisotopic (exact) mass is 648 g/mol. The van der Waals surface area contributed by atoms with Gasteiger partial charge in [0.1, 0.15) is 6.17 Å². The van der Waals surface area contributed by atoms with E-state index in [9.17, 15) is 14.7 Å². The Morgan fingerprint density at radius 2 is 1.87 bits per heavy atom. The first kappa shape index (κ1) is 35.2. The quantitative estimate of drug-likeness (QED) is 0.297. The Balaban J connectivity index is 1.43. The first-order valence-electron chi connectivity index (χ1n) is 17.3. The molecule has 4 aliphatic carbocycles. The molecule has 1 aliphatic heterocycles. The Morgan fingerprint density at radius 3 is 2.50 bits per heavy atom. The molecule has 1 amide bonds. The largest absolute Gasteiger partial charge is 0.441 e. The number of fused-ring (bicyclic) bond motifs is 7. The fourth-order valence-corrected chi connectivity index (χ4v) is 9.69. The standard InChI is InChI=1S/C36H54F2N2O6/c1-9-12-31-45-30-19-24-25-18-27(37)26-17-23(6)13-14-33(26,7)35(25,38)28(41)20-34(24,8)36(30,46-31)29(42)21-44-32(43)40(11-3)16-15-39(10-2)22(4)5/h13-14,17,22,24-25,27-28,30-31,41H,6,9-12,15-16,18-21H2,1-5,7-8H3/t24-,25-,27-,28-,30+,31?,33-,34-,35-,36+/m0/s1. The van der Waals surface area contributed by atoms with Crippen LogP contribution < -0.4 is 0 Å². The van der Waals surface area contributed by atoms with E-state index in [4.69, 9.17) is 14.2 Å². The third-order valence-electron chi connectivity index (χ3n) is 12.2. The Bertz CT molecular complexity index is 1270. The number of likely N-dealkylation sites (N-methyl/N-ethyl adjacent to an activating group) is 2. The lowest BCUT2D eigenvalue weighted by molar-refractivity contribution is -0.234. The molecule has 4 fully saturated rings. The summed E-state index contributed by atoms with van der Waals surface area (Å²) in [5.41, 5.74) is -5.33. The summed E-state index contributed by atoms with van der Waals surface area (Å²) in [5, 5.41) is 11.8. The van der Waals surface area contributed by atoms with E-state index in [0.29, 0.717) is 43.2 Å². The minimum Gasteiger partial charge on any atom is -0.441 e. The first-order valence-corrected chi connectivity index (χ1v) is 17.3. The molecule has 0 bridgehead atoms. The van der Waals surface area contributed by atoms with Crippen LogP contribution in [-0.4, -0.2) is 102 Å². The van der Waals surface area contributed by atoms with Gasteiger partial charge in [0.25, 0.3) is 0 Å². The molecule has 1 heterocycles. The lowest BCUT2D eigenvalue weighted by atomic mass is 9.44.